The van der Waals surface area contributed by atoms with Crippen LogP contribution in [0.25, 0.3) is 21.3 Å². The monoisotopic (exact) mass is 609 g/mol. The van der Waals surface area contributed by atoms with E-state index < -0.39 is 23.7 Å². The summed E-state index contributed by atoms with van der Waals surface area (Å²) < 4.78 is 54.7. The molecule has 0 unspecified atom stereocenters. The number of anilines is 1. The lowest BCUT2D eigenvalue weighted by Gasteiger charge is -2.12. The molecule has 3 N–H and O–H groups in total. The van der Waals surface area contributed by atoms with Crippen LogP contribution in [0.15, 0.2) is 65.7 Å². The maximum Gasteiger partial charge on any atom is 0.433 e. The lowest BCUT2D eigenvalue weighted by Crippen LogP contribution is -2.16. The quantitative estimate of drug-likeness (QED) is 0.169. The summed E-state index contributed by atoms with van der Waals surface area (Å²) in [6.07, 6.45) is -0.962. The Hall–Kier alpha value is -4.91. The number of nitrogens with one attached hydrogen (secondary N) is 1. The number of nitrogens with two attached hydrogens (primary N) is 1. The number of carbonyl (C=O) groups is 2. The average molecular weight is 610 g/mol. The van der Waals surface area contributed by atoms with Crippen LogP contribution in [0.3, 0.4) is 0 Å². The molecule has 0 radical (unpaired) electrons. The first-order valence-corrected chi connectivity index (χ1v) is 13.9. The predicted molar refractivity (Wildman–Crippen MR) is 156 cm³/mol. The molecule has 0 bridgehead atoms. The van der Waals surface area contributed by atoms with Crippen LogP contribution in [0.5, 0.6) is 5.75 Å². The first-order chi connectivity index (χ1) is 20.5. The molecule has 222 valence electrons. The van der Waals surface area contributed by atoms with Crippen molar-refractivity contribution in [2.24, 2.45) is 5.73 Å². The van der Waals surface area contributed by atoms with Crippen molar-refractivity contribution in [1.29, 1.82) is 0 Å². The number of hydrogen-bond donors (Lipinski definition) is 2. The van der Waals surface area contributed by atoms with Gasteiger partial charge in [0.1, 0.15) is 33.5 Å². The van der Waals surface area contributed by atoms with E-state index in [1.54, 1.807) is 23.7 Å². The van der Waals surface area contributed by atoms with Crippen molar-refractivity contribution in [3.63, 3.8) is 0 Å². The standard InChI is InChI=1S/C30H26F3N5O4S/c1-4-8-17-9-6-7-10-21(17)41-15-18-11-12-22(42-18)28(40)37-25-24-19(20-14-35-38(5-2)16(20)3)13-23(30(31,32)33)36-29(24)43-26(25)27(34)39/h4,6-7,9-14H,1,5,8,15H2,2-3H3,(H2,34,39)(H,37,40). The Morgan fingerprint density at radius 3 is 2.65 bits per heavy atom. The zero-order valence-electron chi connectivity index (χ0n) is 23.1. The van der Waals surface area contributed by atoms with Crippen LogP contribution in [-0.2, 0) is 25.7 Å². The molecule has 43 heavy (non-hydrogen) atoms. The molecule has 4 heterocycles. The number of furan rings is 1. The third kappa shape index (κ3) is 5.89. The molecule has 0 aliphatic heterocycles. The predicted octanol–water partition coefficient (Wildman–Crippen LogP) is 6.76. The van der Waals surface area contributed by atoms with Gasteiger partial charge < -0.3 is 20.2 Å². The number of aryl methyl sites for hydroxylation is 1. The third-order valence-corrected chi connectivity index (χ3v) is 7.80. The molecule has 0 saturated heterocycles. The number of benzene rings is 1. The number of hydrogen-bond acceptors (Lipinski definition) is 7. The number of thiophene rings is 1. The van der Waals surface area contributed by atoms with Crippen molar-refractivity contribution in [2.45, 2.75) is 39.6 Å². The summed E-state index contributed by atoms with van der Waals surface area (Å²) >= 11 is 0.658. The number of pyridine rings is 1. The van der Waals surface area contributed by atoms with E-state index in [9.17, 15) is 22.8 Å². The van der Waals surface area contributed by atoms with E-state index in [0.717, 1.165) is 11.6 Å². The van der Waals surface area contributed by atoms with Gasteiger partial charge in [0.05, 0.1) is 11.9 Å². The van der Waals surface area contributed by atoms with Crippen LogP contribution >= 0.6 is 11.3 Å². The first kappa shape index (κ1) is 29.6. The minimum atomic E-state index is -4.77. The highest BCUT2D eigenvalue weighted by Crippen LogP contribution is 2.44. The van der Waals surface area contributed by atoms with Gasteiger partial charge in [0.15, 0.2) is 5.76 Å². The summed E-state index contributed by atoms with van der Waals surface area (Å²) in [7, 11) is 0. The number of alkyl halides is 3. The van der Waals surface area contributed by atoms with Crippen molar-refractivity contribution < 1.29 is 31.9 Å². The average Bonchev–Trinajstić information content (AvgIpc) is 3.69. The fourth-order valence-corrected chi connectivity index (χ4v) is 5.66. The van der Waals surface area contributed by atoms with Crippen LogP contribution in [0.4, 0.5) is 18.9 Å². The number of allylic oxidation sites excluding steroid dienone is 1. The van der Waals surface area contributed by atoms with Crippen LogP contribution < -0.4 is 15.8 Å². The summed E-state index contributed by atoms with van der Waals surface area (Å²) in [6, 6.07) is 11.3. The summed E-state index contributed by atoms with van der Waals surface area (Å²) in [5.74, 6) is -0.800. The number of primary amides is 1. The molecule has 4 aromatic heterocycles. The zero-order chi connectivity index (χ0) is 30.9. The van der Waals surface area contributed by atoms with Gasteiger partial charge in [-0.1, -0.05) is 24.3 Å². The second kappa shape index (κ2) is 11.8. The van der Waals surface area contributed by atoms with Crippen molar-refractivity contribution >= 4 is 39.1 Å². The van der Waals surface area contributed by atoms with E-state index in [1.807, 2.05) is 31.2 Å². The number of ether oxygens (including phenoxy) is 1. The Labute approximate surface area is 247 Å². The lowest BCUT2D eigenvalue weighted by atomic mass is 10.0. The topological polar surface area (TPSA) is 125 Å². The van der Waals surface area contributed by atoms with Crippen LogP contribution in [0, 0.1) is 6.92 Å². The molecule has 0 spiro atoms. The van der Waals surface area contributed by atoms with E-state index in [0.29, 0.717) is 47.1 Å². The maximum atomic E-state index is 13.8. The maximum absolute atomic E-state index is 13.8. The molecule has 0 atom stereocenters. The number of amides is 2. The van der Waals surface area contributed by atoms with Crippen LogP contribution in [-0.4, -0.2) is 26.6 Å². The molecule has 9 nitrogen and oxygen atoms in total. The van der Waals surface area contributed by atoms with Crippen molar-refractivity contribution in [3.8, 4) is 16.9 Å². The third-order valence-electron chi connectivity index (χ3n) is 6.70. The number of fused-ring (bicyclic) bond motifs is 1. The molecule has 5 aromatic rings. The van der Waals surface area contributed by atoms with Crippen molar-refractivity contribution in [3.05, 3.63) is 94.7 Å². The summed E-state index contributed by atoms with van der Waals surface area (Å²) in [6.45, 7) is 7.82. The molecule has 13 heteroatoms. The molecule has 0 fully saturated rings. The zero-order valence-corrected chi connectivity index (χ0v) is 23.9. The molecule has 0 saturated carbocycles. The first-order valence-electron chi connectivity index (χ1n) is 13.1. The molecule has 1 aromatic carbocycles. The Kier molecular flexibility index (Phi) is 8.09. The number of aromatic nitrogens is 3. The van der Waals surface area contributed by atoms with E-state index >= 15 is 0 Å². The van der Waals surface area contributed by atoms with Crippen LogP contribution in [0.2, 0.25) is 0 Å². The largest absolute Gasteiger partial charge is 0.485 e. The van der Waals surface area contributed by atoms with E-state index in [2.05, 4.69) is 22.0 Å². The van der Waals surface area contributed by atoms with Gasteiger partial charge in [-0.15, -0.1) is 17.9 Å². The Balaban J connectivity index is 1.52. The van der Waals surface area contributed by atoms with Crippen LogP contribution in [0.1, 0.15) is 49.9 Å². The molecule has 0 aliphatic carbocycles. The second-order valence-corrected chi connectivity index (χ2v) is 10.5. The lowest BCUT2D eigenvalue weighted by molar-refractivity contribution is -0.140. The molecular formula is C30H26F3N5O4S. The number of nitrogens with zero attached hydrogens (tertiary/aromatic N) is 3. The smallest absolute Gasteiger partial charge is 0.433 e. The summed E-state index contributed by atoms with van der Waals surface area (Å²) in [5, 5.41) is 7.02. The van der Waals surface area contributed by atoms with Gasteiger partial charge in [-0.05, 0) is 55.7 Å². The molecule has 2 amide bonds. The van der Waals surface area contributed by atoms with Gasteiger partial charge >= 0.3 is 6.18 Å². The minimum absolute atomic E-state index is 0.0321. The van der Waals surface area contributed by atoms with Crippen molar-refractivity contribution in [2.75, 3.05) is 5.32 Å². The van der Waals surface area contributed by atoms with Crippen molar-refractivity contribution in [1.82, 2.24) is 14.8 Å². The molecular weight excluding hydrogens is 583 g/mol. The number of halogens is 3. The minimum Gasteiger partial charge on any atom is -0.485 e. The Morgan fingerprint density at radius 2 is 1.98 bits per heavy atom. The summed E-state index contributed by atoms with van der Waals surface area (Å²) in [4.78, 5) is 29.2. The van der Waals surface area contributed by atoms with E-state index in [4.69, 9.17) is 14.9 Å². The fourth-order valence-electron chi connectivity index (χ4n) is 4.65. The van der Waals surface area contributed by atoms with Gasteiger partial charge in [-0.2, -0.15) is 18.3 Å². The normalized spacial score (nSPS) is 11.6. The molecule has 5 rings (SSSR count). The highest BCUT2D eigenvalue weighted by Gasteiger charge is 2.35. The SMILES string of the molecule is C=CCc1ccccc1OCc1ccc(C(=O)Nc2c(C(N)=O)sc3nc(C(F)(F)F)cc(-c4cnn(CC)c4C)c23)o1. The fraction of sp³-hybridized carbons (Fsp3) is 0.200. The second-order valence-electron chi connectivity index (χ2n) is 9.47. The highest BCUT2D eigenvalue weighted by atomic mass is 32.1. The number of carbonyl (C=O) groups excluding carboxylic acids is 2. The number of rotatable bonds is 10. The summed E-state index contributed by atoms with van der Waals surface area (Å²) in [5.41, 5.74) is 6.40. The van der Waals surface area contributed by atoms with Gasteiger partial charge in [-0.25, -0.2) is 4.98 Å². The van der Waals surface area contributed by atoms with Gasteiger partial charge in [0.2, 0.25) is 0 Å². The van der Waals surface area contributed by atoms with Gasteiger partial charge in [-0.3, -0.25) is 14.3 Å². The van der Waals surface area contributed by atoms with E-state index in [-0.39, 0.29) is 38.7 Å². The van der Waals surface area contributed by atoms with Gasteiger partial charge in [0.25, 0.3) is 11.8 Å². The Morgan fingerprint density at radius 1 is 1.21 bits per heavy atom. The van der Waals surface area contributed by atoms with E-state index in [1.165, 1.54) is 12.3 Å². The Bertz CT molecular complexity index is 1850. The number of para-hydroxylation sites is 1. The van der Waals surface area contributed by atoms with Gasteiger partial charge in [0, 0.05) is 23.2 Å². The highest BCUT2D eigenvalue weighted by molar-refractivity contribution is 7.21. The molecule has 0 aliphatic rings.